The number of nitrogens with zero attached hydrogens (tertiary/aromatic N) is 1. The zero-order chi connectivity index (χ0) is 11.4. The SMILES string of the molecule is CO[N+](=O)c1ccc(C(=O)C(=O)O)cc1. The van der Waals surface area contributed by atoms with E-state index in [0.29, 0.717) is 0 Å². The third-order valence-corrected chi connectivity index (χ3v) is 1.70. The quantitative estimate of drug-likeness (QED) is 0.454. The Morgan fingerprint density at radius 2 is 1.80 bits per heavy atom. The van der Waals surface area contributed by atoms with Gasteiger partial charge in [0.2, 0.25) is 0 Å². The Labute approximate surface area is 84.6 Å². The lowest BCUT2D eigenvalue weighted by Gasteiger charge is -1.93. The molecule has 0 spiro atoms. The van der Waals surface area contributed by atoms with Crippen LogP contribution in [0.4, 0.5) is 5.69 Å². The van der Waals surface area contributed by atoms with Crippen LogP contribution in [0.3, 0.4) is 0 Å². The molecule has 0 unspecified atom stereocenters. The number of carbonyl (C=O) groups excluding carboxylic acids is 1. The van der Waals surface area contributed by atoms with E-state index in [1.165, 1.54) is 31.4 Å². The Bertz CT molecular complexity index is 409. The van der Waals surface area contributed by atoms with Crippen molar-refractivity contribution in [3.05, 3.63) is 34.7 Å². The molecule has 0 saturated carbocycles. The molecule has 78 valence electrons. The third kappa shape index (κ3) is 2.37. The van der Waals surface area contributed by atoms with Gasteiger partial charge in [-0.1, -0.05) is 0 Å². The van der Waals surface area contributed by atoms with Crippen molar-refractivity contribution in [1.29, 1.82) is 0 Å². The van der Waals surface area contributed by atoms with Crippen LogP contribution < -0.4 is 0 Å². The topological polar surface area (TPSA) is 83.7 Å². The molecule has 6 heteroatoms. The molecule has 1 N–H and O–H groups in total. The summed E-state index contributed by atoms with van der Waals surface area (Å²) in [7, 11) is 1.20. The van der Waals surface area contributed by atoms with E-state index < -0.39 is 11.8 Å². The molecular weight excluding hydrogens is 202 g/mol. The predicted molar refractivity (Wildman–Crippen MR) is 48.7 cm³/mol. The fraction of sp³-hybridized carbons (Fsp3) is 0.111. The van der Waals surface area contributed by atoms with Gasteiger partial charge in [0.15, 0.2) is 7.11 Å². The minimum atomic E-state index is -1.53. The molecule has 0 atom stereocenters. The van der Waals surface area contributed by atoms with Gasteiger partial charge in [-0.3, -0.25) is 4.79 Å². The van der Waals surface area contributed by atoms with Crippen LogP contribution in [-0.4, -0.2) is 28.9 Å². The summed E-state index contributed by atoms with van der Waals surface area (Å²) in [5, 5.41) is 8.41. The van der Waals surface area contributed by atoms with E-state index >= 15 is 0 Å². The first kappa shape index (κ1) is 10.8. The maximum absolute atomic E-state index is 11.0. The Balaban J connectivity index is 2.95. The van der Waals surface area contributed by atoms with Crippen LogP contribution >= 0.6 is 0 Å². The predicted octanol–water partition coefficient (Wildman–Crippen LogP) is 0.926. The zero-order valence-electron chi connectivity index (χ0n) is 7.84. The monoisotopic (exact) mass is 210 g/mol. The first-order valence-corrected chi connectivity index (χ1v) is 3.95. The average molecular weight is 210 g/mol. The molecule has 0 aromatic heterocycles. The Hall–Kier alpha value is -2.24. The smallest absolute Gasteiger partial charge is 0.377 e. The molecule has 0 fully saturated rings. The first-order valence-electron chi connectivity index (χ1n) is 3.95. The highest BCUT2D eigenvalue weighted by Crippen LogP contribution is 2.12. The van der Waals surface area contributed by atoms with Crippen LogP contribution in [0.1, 0.15) is 10.4 Å². The Kier molecular flexibility index (Phi) is 3.12. The van der Waals surface area contributed by atoms with Gasteiger partial charge in [-0.2, -0.15) is 0 Å². The molecule has 0 aliphatic heterocycles. The Morgan fingerprint density at radius 3 is 2.20 bits per heavy atom. The van der Waals surface area contributed by atoms with Crippen LogP contribution in [-0.2, 0) is 9.63 Å². The number of carboxylic acids is 1. The van der Waals surface area contributed by atoms with E-state index in [-0.39, 0.29) is 16.2 Å². The molecule has 1 rings (SSSR count). The highest BCUT2D eigenvalue weighted by Gasteiger charge is 2.18. The van der Waals surface area contributed by atoms with Crippen LogP contribution in [0.2, 0.25) is 0 Å². The molecule has 0 radical (unpaired) electrons. The number of rotatable bonds is 4. The van der Waals surface area contributed by atoms with E-state index in [2.05, 4.69) is 4.84 Å². The van der Waals surface area contributed by atoms with Crippen molar-refractivity contribution >= 4 is 17.4 Å². The van der Waals surface area contributed by atoms with Crippen LogP contribution in [0, 0.1) is 4.91 Å². The molecule has 0 bridgehead atoms. The van der Waals surface area contributed by atoms with E-state index in [1.54, 1.807) is 0 Å². The maximum atomic E-state index is 11.0. The lowest BCUT2D eigenvalue weighted by atomic mass is 10.1. The summed E-state index contributed by atoms with van der Waals surface area (Å²) in [4.78, 5) is 36.8. The van der Waals surface area contributed by atoms with Crippen LogP contribution in [0.15, 0.2) is 24.3 Å². The number of aliphatic carboxylic acids is 1. The fourth-order valence-electron chi connectivity index (χ4n) is 0.963. The standard InChI is InChI=1S/C9H7NO5/c1-15-10(14)7-4-2-6(3-5-7)8(11)9(12)13/h2-5H,1H3/p+1. The van der Waals surface area contributed by atoms with Gasteiger partial charge in [0, 0.05) is 17.7 Å². The molecule has 0 amide bonds. The number of hydrogen-bond donors (Lipinski definition) is 1. The number of Topliss-reactive ketones (excluding diaryl/α,β-unsaturated/α-hetero) is 1. The zero-order valence-corrected chi connectivity index (χ0v) is 7.84. The second kappa shape index (κ2) is 4.32. The van der Waals surface area contributed by atoms with Crippen molar-refractivity contribution in [2.24, 2.45) is 0 Å². The number of carbonyl (C=O) groups is 2. The summed E-state index contributed by atoms with van der Waals surface area (Å²) in [6.07, 6.45) is 0. The largest absolute Gasteiger partial charge is 0.475 e. The van der Waals surface area contributed by atoms with Crippen molar-refractivity contribution in [1.82, 2.24) is 0 Å². The van der Waals surface area contributed by atoms with E-state index in [4.69, 9.17) is 5.11 Å². The van der Waals surface area contributed by atoms with Gasteiger partial charge >= 0.3 is 11.7 Å². The van der Waals surface area contributed by atoms with Gasteiger partial charge in [-0.15, -0.1) is 0 Å². The van der Waals surface area contributed by atoms with Crippen LogP contribution in [0.25, 0.3) is 0 Å². The summed E-state index contributed by atoms with van der Waals surface area (Å²) in [5.74, 6) is -2.55. The van der Waals surface area contributed by atoms with Gasteiger partial charge in [-0.05, 0) is 12.1 Å². The summed E-state index contributed by atoms with van der Waals surface area (Å²) in [6, 6.07) is 5.09. The maximum Gasteiger partial charge on any atom is 0.377 e. The molecule has 1 aromatic carbocycles. The fourth-order valence-corrected chi connectivity index (χ4v) is 0.963. The number of benzene rings is 1. The molecule has 1 aromatic rings. The average Bonchev–Trinajstić information content (AvgIpc) is 2.27. The van der Waals surface area contributed by atoms with Gasteiger partial charge < -0.3 is 5.11 Å². The summed E-state index contributed by atoms with van der Waals surface area (Å²) in [5.41, 5.74) is 0.190. The lowest BCUT2D eigenvalue weighted by Crippen LogP contribution is -2.12. The number of carboxylic acid groups (broad SMARTS) is 1. The third-order valence-electron chi connectivity index (χ3n) is 1.70. The summed E-state index contributed by atoms with van der Waals surface area (Å²) < 4.78 is 0. The minimum absolute atomic E-state index is 0.00996. The molecular formula is C9H8NO5+. The molecule has 6 nitrogen and oxygen atoms in total. The van der Waals surface area contributed by atoms with E-state index in [9.17, 15) is 14.5 Å². The molecule has 0 aliphatic carbocycles. The van der Waals surface area contributed by atoms with Gasteiger partial charge in [0.05, 0.1) is 4.91 Å². The van der Waals surface area contributed by atoms with Gasteiger partial charge in [-0.25, -0.2) is 9.63 Å². The van der Waals surface area contributed by atoms with Crippen molar-refractivity contribution < 1.29 is 24.5 Å². The molecule has 15 heavy (non-hydrogen) atoms. The number of hydrogen-bond acceptors (Lipinski definition) is 4. The highest BCUT2D eigenvalue weighted by molar-refractivity contribution is 6.39. The molecule has 0 saturated heterocycles. The normalized spacial score (nSPS) is 9.40. The Morgan fingerprint density at radius 1 is 1.27 bits per heavy atom. The van der Waals surface area contributed by atoms with Crippen molar-refractivity contribution in [3.63, 3.8) is 0 Å². The lowest BCUT2D eigenvalue weighted by molar-refractivity contribution is -0.736. The van der Waals surface area contributed by atoms with Crippen LogP contribution in [0.5, 0.6) is 0 Å². The summed E-state index contributed by atoms with van der Waals surface area (Å²) in [6.45, 7) is 0. The summed E-state index contributed by atoms with van der Waals surface area (Å²) >= 11 is 0. The van der Waals surface area contributed by atoms with E-state index in [0.717, 1.165) is 0 Å². The van der Waals surface area contributed by atoms with Gasteiger partial charge in [0.25, 0.3) is 10.7 Å². The minimum Gasteiger partial charge on any atom is -0.475 e. The van der Waals surface area contributed by atoms with Crippen molar-refractivity contribution in [2.75, 3.05) is 7.11 Å². The first-order chi connectivity index (χ1) is 7.06. The molecule has 0 heterocycles. The van der Waals surface area contributed by atoms with Crippen molar-refractivity contribution in [2.45, 2.75) is 0 Å². The second-order valence-corrected chi connectivity index (χ2v) is 2.62. The second-order valence-electron chi connectivity index (χ2n) is 2.62. The number of ketones is 1. The van der Waals surface area contributed by atoms with Gasteiger partial charge in [0.1, 0.15) is 0 Å². The molecule has 0 aliphatic rings. The van der Waals surface area contributed by atoms with E-state index in [1.807, 2.05) is 0 Å². The van der Waals surface area contributed by atoms with Crippen molar-refractivity contribution in [3.8, 4) is 0 Å². The highest BCUT2D eigenvalue weighted by atomic mass is 16.8.